The zero-order valence-electron chi connectivity index (χ0n) is 14.1. The topological polar surface area (TPSA) is 80.9 Å². The van der Waals surface area contributed by atoms with Crippen molar-refractivity contribution in [1.29, 1.82) is 0 Å². The molecule has 0 fully saturated rings. The molecule has 26 heavy (non-hydrogen) atoms. The van der Waals surface area contributed by atoms with Gasteiger partial charge in [-0.15, -0.1) is 0 Å². The molecule has 0 saturated heterocycles. The highest BCUT2D eigenvalue weighted by Gasteiger charge is 2.11. The fourth-order valence-electron chi connectivity index (χ4n) is 2.57. The van der Waals surface area contributed by atoms with Crippen LogP contribution in [0, 0.1) is 0 Å². The van der Waals surface area contributed by atoms with Crippen LogP contribution in [0.3, 0.4) is 0 Å². The van der Waals surface area contributed by atoms with Crippen molar-refractivity contribution in [2.45, 2.75) is 6.92 Å². The van der Waals surface area contributed by atoms with Gasteiger partial charge in [-0.25, -0.2) is 4.99 Å². The minimum absolute atomic E-state index is 0.228. The molecule has 2 heterocycles. The van der Waals surface area contributed by atoms with Gasteiger partial charge in [0.05, 0.1) is 23.0 Å². The molecule has 0 atom stereocenters. The van der Waals surface area contributed by atoms with E-state index in [1.807, 2.05) is 52.9 Å². The van der Waals surface area contributed by atoms with E-state index in [4.69, 9.17) is 4.74 Å². The SMILES string of the molecule is COc1ccc2c(c1)sc1nc(NC(C)=O)n/c(=N\c3ccccc3)n12. The Morgan fingerprint density at radius 2 is 2.00 bits per heavy atom. The molecule has 0 aliphatic carbocycles. The van der Waals surface area contributed by atoms with E-state index < -0.39 is 0 Å². The zero-order chi connectivity index (χ0) is 18.1. The number of nitrogens with one attached hydrogen (secondary N) is 1. The van der Waals surface area contributed by atoms with Gasteiger partial charge in [-0.1, -0.05) is 29.5 Å². The number of fused-ring (bicyclic) bond motifs is 3. The average molecular weight is 365 g/mol. The standard InChI is InChI=1S/C18H15N5O2S/c1-11(24)19-16-21-17(20-12-6-4-3-5-7-12)23-14-9-8-13(25-2)10-15(14)26-18(23)22-16/h3-10H,1-2H3,(H,19,20,21,24). The quantitative estimate of drug-likeness (QED) is 0.605. The average Bonchev–Trinajstić information content (AvgIpc) is 2.99. The number of nitrogens with zero attached hydrogens (tertiary/aromatic N) is 4. The van der Waals surface area contributed by atoms with Crippen LogP contribution in [0.4, 0.5) is 11.6 Å². The molecule has 2 aromatic heterocycles. The van der Waals surface area contributed by atoms with Gasteiger partial charge in [-0.05, 0) is 30.3 Å². The van der Waals surface area contributed by atoms with Crippen molar-refractivity contribution >= 4 is 44.1 Å². The van der Waals surface area contributed by atoms with Crippen molar-refractivity contribution < 1.29 is 9.53 Å². The Morgan fingerprint density at radius 3 is 2.73 bits per heavy atom. The summed E-state index contributed by atoms with van der Waals surface area (Å²) < 4.78 is 8.16. The molecule has 8 heteroatoms. The summed E-state index contributed by atoms with van der Waals surface area (Å²) in [5.74, 6) is 0.759. The summed E-state index contributed by atoms with van der Waals surface area (Å²) in [7, 11) is 1.63. The smallest absolute Gasteiger partial charge is 0.240 e. The Balaban J connectivity index is 2.05. The van der Waals surface area contributed by atoms with Gasteiger partial charge in [-0.3, -0.25) is 14.5 Å². The maximum Gasteiger partial charge on any atom is 0.240 e. The largest absolute Gasteiger partial charge is 0.497 e. The van der Waals surface area contributed by atoms with Gasteiger partial charge in [-0.2, -0.15) is 9.97 Å². The lowest BCUT2D eigenvalue weighted by molar-refractivity contribution is -0.114. The van der Waals surface area contributed by atoms with Gasteiger partial charge < -0.3 is 4.74 Å². The van der Waals surface area contributed by atoms with E-state index in [-0.39, 0.29) is 11.9 Å². The van der Waals surface area contributed by atoms with E-state index in [1.165, 1.54) is 18.3 Å². The second kappa shape index (κ2) is 6.57. The third-order valence-corrected chi connectivity index (χ3v) is 4.68. The summed E-state index contributed by atoms with van der Waals surface area (Å²) in [6.07, 6.45) is 0. The summed E-state index contributed by atoms with van der Waals surface area (Å²) in [4.78, 5) is 25.6. The van der Waals surface area contributed by atoms with Crippen molar-refractivity contribution in [2.24, 2.45) is 4.99 Å². The Bertz CT molecular complexity index is 1180. The minimum Gasteiger partial charge on any atom is -0.497 e. The van der Waals surface area contributed by atoms with Crippen molar-refractivity contribution in [3.63, 3.8) is 0 Å². The molecule has 4 rings (SSSR count). The number of ether oxygens (including phenoxy) is 1. The van der Waals surface area contributed by atoms with Crippen molar-refractivity contribution in [3.05, 3.63) is 54.1 Å². The number of thiazole rings is 1. The monoisotopic (exact) mass is 365 g/mol. The van der Waals surface area contributed by atoms with E-state index >= 15 is 0 Å². The van der Waals surface area contributed by atoms with Gasteiger partial charge in [0, 0.05) is 6.92 Å². The second-order valence-electron chi connectivity index (χ2n) is 5.53. The highest BCUT2D eigenvalue weighted by Crippen LogP contribution is 2.28. The third kappa shape index (κ3) is 3.02. The summed E-state index contributed by atoms with van der Waals surface area (Å²) >= 11 is 1.48. The number of amides is 1. The lowest BCUT2D eigenvalue weighted by Gasteiger charge is -2.03. The lowest BCUT2D eigenvalue weighted by atomic mass is 10.3. The number of rotatable bonds is 3. The first-order chi connectivity index (χ1) is 12.6. The molecule has 130 valence electrons. The van der Waals surface area contributed by atoms with Crippen LogP contribution in [0.2, 0.25) is 0 Å². The number of carbonyl (C=O) groups excluding carboxylic acids is 1. The van der Waals surface area contributed by atoms with Crippen LogP contribution in [0.5, 0.6) is 5.75 Å². The van der Waals surface area contributed by atoms with Crippen LogP contribution < -0.4 is 15.7 Å². The van der Waals surface area contributed by atoms with Gasteiger partial charge >= 0.3 is 0 Å². The molecule has 1 N–H and O–H groups in total. The Kier molecular flexibility index (Phi) is 4.10. The molecule has 7 nitrogen and oxygen atoms in total. The van der Waals surface area contributed by atoms with Crippen LogP contribution in [0.25, 0.3) is 15.2 Å². The van der Waals surface area contributed by atoms with E-state index in [0.717, 1.165) is 21.7 Å². The molecule has 2 aromatic carbocycles. The molecule has 0 spiro atoms. The summed E-state index contributed by atoms with van der Waals surface area (Å²) in [6, 6.07) is 15.3. The maximum atomic E-state index is 11.4. The molecule has 0 unspecified atom stereocenters. The highest BCUT2D eigenvalue weighted by atomic mass is 32.1. The fraction of sp³-hybridized carbons (Fsp3) is 0.111. The summed E-state index contributed by atoms with van der Waals surface area (Å²) in [5, 5.41) is 2.64. The number of para-hydroxylation sites is 1. The molecule has 0 aliphatic rings. The number of aromatic nitrogens is 3. The molecule has 1 amide bonds. The first-order valence-corrected chi connectivity index (χ1v) is 8.70. The van der Waals surface area contributed by atoms with Crippen molar-refractivity contribution in [1.82, 2.24) is 14.4 Å². The van der Waals surface area contributed by atoms with Crippen LogP contribution in [0.15, 0.2) is 53.5 Å². The summed E-state index contributed by atoms with van der Waals surface area (Å²) in [6.45, 7) is 1.42. The van der Waals surface area contributed by atoms with Gasteiger partial charge in [0.2, 0.25) is 22.4 Å². The number of methoxy groups -OCH3 is 1. The number of anilines is 1. The van der Waals surface area contributed by atoms with E-state index in [1.54, 1.807) is 7.11 Å². The Hall–Kier alpha value is -3.26. The number of benzene rings is 2. The van der Waals surface area contributed by atoms with E-state index in [9.17, 15) is 4.79 Å². The van der Waals surface area contributed by atoms with Gasteiger partial charge in [0.1, 0.15) is 5.75 Å². The number of hydrogen-bond acceptors (Lipinski definition) is 6. The maximum absolute atomic E-state index is 11.4. The Morgan fingerprint density at radius 1 is 1.19 bits per heavy atom. The predicted octanol–water partition coefficient (Wildman–Crippen LogP) is 3.14. The fourth-order valence-corrected chi connectivity index (χ4v) is 3.61. The van der Waals surface area contributed by atoms with Crippen LogP contribution in [0.1, 0.15) is 6.92 Å². The minimum atomic E-state index is -0.234. The Labute approximate surface area is 152 Å². The molecular formula is C18H15N5O2S. The molecule has 0 bridgehead atoms. The van der Waals surface area contributed by atoms with Crippen molar-refractivity contribution in [3.8, 4) is 5.75 Å². The number of hydrogen-bond donors (Lipinski definition) is 1. The van der Waals surface area contributed by atoms with E-state index in [2.05, 4.69) is 20.3 Å². The van der Waals surface area contributed by atoms with Crippen LogP contribution >= 0.6 is 11.3 Å². The second-order valence-corrected chi connectivity index (χ2v) is 6.54. The van der Waals surface area contributed by atoms with Crippen molar-refractivity contribution in [2.75, 3.05) is 12.4 Å². The van der Waals surface area contributed by atoms with Gasteiger partial charge in [0.25, 0.3) is 0 Å². The van der Waals surface area contributed by atoms with Crippen LogP contribution in [-0.2, 0) is 4.79 Å². The molecule has 0 aliphatic heterocycles. The summed E-state index contributed by atoms with van der Waals surface area (Å²) in [5.41, 5.74) is 2.14. The van der Waals surface area contributed by atoms with E-state index in [0.29, 0.717) is 10.6 Å². The van der Waals surface area contributed by atoms with Crippen LogP contribution in [-0.4, -0.2) is 27.4 Å². The third-order valence-electron chi connectivity index (χ3n) is 3.68. The molecule has 0 saturated carbocycles. The van der Waals surface area contributed by atoms with Gasteiger partial charge in [0.15, 0.2) is 0 Å². The molecule has 0 radical (unpaired) electrons. The zero-order valence-corrected chi connectivity index (χ0v) is 14.9. The molecule has 4 aromatic rings. The normalized spacial score (nSPS) is 11.8. The lowest BCUT2D eigenvalue weighted by Crippen LogP contribution is -2.22. The highest BCUT2D eigenvalue weighted by molar-refractivity contribution is 7.23. The number of carbonyl (C=O) groups is 1. The first-order valence-electron chi connectivity index (χ1n) is 7.89. The predicted molar refractivity (Wildman–Crippen MR) is 101 cm³/mol. The molecular weight excluding hydrogens is 350 g/mol. The first kappa shape index (κ1) is 16.2.